The van der Waals surface area contributed by atoms with E-state index in [2.05, 4.69) is 4.98 Å². The molecule has 1 N–H and O–H groups in total. The Bertz CT molecular complexity index is 658. The molecule has 0 spiro atoms. The summed E-state index contributed by atoms with van der Waals surface area (Å²) in [5.74, 6) is -0.0638. The van der Waals surface area contributed by atoms with E-state index in [1.54, 1.807) is 23.2 Å². The summed E-state index contributed by atoms with van der Waals surface area (Å²) in [5.41, 5.74) is 2.44. The Morgan fingerprint density at radius 2 is 2.05 bits per heavy atom. The van der Waals surface area contributed by atoms with E-state index in [0.29, 0.717) is 23.6 Å². The molecule has 0 saturated carbocycles. The van der Waals surface area contributed by atoms with Gasteiger partial charge in [0.05, 0.1) is 30.5 Å². The number of hydrogen-bond donors (Lipinski definition) is 1. The van der Waals surface area contributed by atoms with Crippen LogP contribution in [0.4, 0.5) is 0 Å². The minimum atomic E-state index is -0.257. The molecule has 0 bridgehead atoms. The molecule has 1 atom stereocenters. The van der Waals surface area contributed by atoms with Crippen LogP contribution in [0.25, 0.3) is 0 Å². The van der Waals surface area contributed by atoms with Crippen LogP contribution in [0.3, 0.4) is 0 Å². The molecular weight excluding hydrogens is 288 g/mol. The fourth-order valence-corrected chi connectivity index (χ4v) is 2.73. The summed E-state index contributed by atoms with van der Waals surface area (Å²) in [7, 11) is 0. The number of fused-ring (bicyclic) bond motifs is 1. The van der Waals surface area contributed by atoms with Crippen molar-refractivity contribution in [2.24, 2.45) is 0 Å². The van der Waals surface area contributed by atoms with Crippen molar-refractivity contribution in [3.63, 3.8) is 0 Å². The Morgan fingerprint density at radius 1 is 1.29 bits per heavy atom. The van der Waals surface area contributed by atoms with E-state index in [1.807, 2.05) is 24.3 Å². The third-order valence-electron chi connectivity index (χ3n) is 3.74. The molecule has 1 aromatic carbocycles. The predicted octanol–water partition coefficient (Wildman–Crippen LogP) is 2.29. The van der Waals surface area contributed by atoms with Crippen LogP contribution in [0.2, 0.25) is 5.02 Å². The summed E-state index contributed by atoms with van der Waals surface area (Å²) in [6.07, 6.45) is 2.27. The van der Waals surface area contributed by atoms with Gasteiger partial charge in [-0.2, -0.15) is 0 Å². The van der Waals surface area contributed by atoms with Crippen molar-refractivity contribution in [2.45, 2.75) is 19.0 Å². The quantitative estimate of drug-likeness (QED) is 0.943. The van der Waals surface area contributed by atoms with Crippen LogP contribution in [0.5, 0.6) is 0 Å². The molecule has 0 aliphatic carbocycles. The highest BCUT2D eigenvalue weighted by Crippen LogP contribution is 2.24. The van der Waals surface area contributed by atoms with Gasteiger partial charge in [0.25, 0.3) is 5.91 Å². The largest absolute Gasteiger partial charge is 0.394 e. The van der Waals surface area contributed by atoms with Crippen LogP contribution in [0.1, 0.15) is 21.6 Å². The number of aliphatic hydroxyl groups is 1. The molecule has 1 amide bonds. The van der Waals surface area contributed by atoms with Gasteiger partial charge in [0.2, 0.25) is 0 Å². The molecule has 3 rings (SSSR count). The average Bonchev–Trinajstić information content (AvgIpc) is 2.84. The van der Waals surface area contributed by atoms with Crippen LogP contribution in [0, 0.1) is 0 Å². The van der Waals surface area contributed by atoms with Gasteiger partial charge in [0.1, 0.15) is 0 Å². The van der Waals surface area contributed by atoms with Gasteiger partial charge in [-0.15, -0.1) is 0 Å². The fourth-order valence-electron chi connectivity index (χ4n) is 2.61. The number of amides is 1. The number of nitrogens with zero attached hydrogens (tertiary/aromatic N) is 2. The van der Waals surface area contributed by atoms with E-state index in [-0.39, 0.29) is 18.6 Å². The van der Waals surface area contributed by atoms with Gasteiger partial charge in [0.15, 0.2) is 0 Å². The third-order valence-corrected chi connectivity index (χ3v) is 3.99. The molecule has 1 aliphatic rings. The molecule has 2 aromatic rings. The number of aliphatic hydroxyl groups excluding tert-OH is 1. The topological polar surface area (TPSA) is 53.4 Å². The van der Waals surface area contributed by atoms with Crippen LogP contribution < -0.4 is 0 Å². The summed E-state index contributed by atoms with van der Waals surface area (Å²) in [6.45, 7) is 0.371. The number of pyridine rings is 1. The van der Waals surface area contributed by atoms with Crippen molar-refractivity contribution in [1.82, 2.24) is 9.88 Å². The highest BCUT2D eigenvalue weighted by molar-refractivity contribution is 6.30. The standard InChI is InChI=1S/C16H15ClN2O2/c17-12-5-3-11(4-6-12)8-13(10-20)19-9-15-14(16(19)21)2-1-7-18-15/h1-7,13,20H,8-10H2. The Hall–Kier alpha value is -1.91. The first-order chi connectivity index (χ1) is 10.2. The zero-order chi connectivity index (χ0) is 14.8. The van der Waals surface area contributed by atoms with Crippen LogP contribution in [-0.4, -0.2) is 33.5 Å². The highest BCUT2D eigenvalue weighted by atomic mass is 35.5. The normalized spacial score (nSPS) is 15.1. The van der Waals surface area contributed by atoms with E-state index in [0.717, 1.165) is 11.3 Å². The Labute approximate surface area is 128 Å². The van der Waals surface area contributed by atoms with Gasteiger partial charge in [-0.3, -0.25) is 9.78 Å². The minimum Gasteiger partial charge on any atom is -0.394 e. The van der Waals surface area contributed by atoms with Gasteiger partial charge in [-0.05, 0) is 36.2 Å². The zero-order valence-corrected chi connectivity index (χ0v) is 12.1. The lowest BCUT2D eigenvalue weighted by Gasteiger charge is -2.26. The lowest BCUT2D eigenvalue weighted by molar-refractivity contribution is 0.0616. The van der Waals surface area contributed by atoms with Gasteiger partial charge < -0.3 is 10.0 Å². The first kappa shape index (κ1) is 14.0. The lowest BCUT2D eigenvalue weighted by Crippen LogP contribution is -2.39. The van der Waals surface area contributed by atoms with Crippen LogP contribution >= 0.6 is 11.6 Å². The van der Waals surface area contributed by atoms with Crippen LogP contribution in [0.15, 0.2) is 42.6 Å². The first-order valence-electron chi connectivity index (χ1n) is 6.79. The van der Waals surface area contributed by atoms with Crippen molar-refractivity contribution in [2.75, 3.05) is 6.61 Å². The van der Waals surface area contributed by atoms with E-state index >= 15 is 0 Å². The second-order valence-corrected chi connectivity index (χ2v) is 5.53. The van der Waals surface area contributed by atoms with Crippen molar-refractivity contribution in [3.8, 4) is 0 Å². The Balaban J connectivity index is 1.79. The summed E-state index contributed by atoms with van der Waals surface area (Å²) in [6, 6.07) is 10.7. The maximum atomic E-state index is 12.4. The van der Waals surface area contributed by atoms with Gasteiger partial charge in [-0.1, -0.05) is 23.7 Å². The van der Waals surface area contributed by atoms with Gasteiger partial charge >= 0.3 is 0 Å². The van der Waals surface area contributed by atoms with Crippen molar-refractivity contribution in [1.29, 1.82) is 0 Å². The number of halogens is 1. The van der Waals surface area contributed by atoms with Gasteiger partial charge in [-0.25, -0.2) is 0 Å². The number of carbonyl (C=O) groups excluding carboxylic acids is 1. The fraction of sp³-hybridized carbons (Fsp3) is 0.250. The molecule has 1 aliphatic heterocycles. The second kappa shape index (κ2) is 5.84. The number of carbonyl (C=O) groups is 1. The Morgan fingerprint density at radius 3 is 2.71 bits per heavy atom. The number of aromatic nitrogens is 1. The van der Waals surface area contributed by atoms with E-state index in [9.17, 15) is 9.90 Å². The second-order valence-electron chi connectivity index (χ2n) is 5.10. The minimum absolute atomic E-state index is 0.0638. The maximum absolute atomic E-state index is 12.4. The monoisotopic (exact) mass is 302 g/mol. The van der Waals surface area contributed by atoms with E-state index in [4.69, 9.17) is 11.6 Å². The molecule has 5 heteroatoms. The zero-order valence-electron chi connectivity index (χ0n) is 11.4. The summed E-state index contributed by atoms with van der Waals surface area (Å²) < 4.78 is 0. The average molecular weight is 303 g/mol. The molecule has 0 radical (unpaired) electrons. The molecule has 21 heavy (non-hydrogen) atoms. The lowest BCUT2D eigenvalue weighted by atomic mass is 10.1. The third kappa shape index (κ3) is 2.77. The van der Waals surface area contributed by atoms with Crippen LogP contribution in [-0.2, 0) is 13.0 Å². The number of rotatable bonds is 4. The molecule has 4 nitrogen and oxygen atoms in total. The van der Waals surface area contributed by atoms with E-state index in [1.165, 1.54) is 0 Å². The van der Waals surface area contributed by atoms with E-state index < -0.39 is 0 Å². The smallest absolute Gasteiger partial charge is 0.256 e. The molecule has 1 unspecified atom stereocenters. The maximum Gasteiger partial charge on any atom is 0.256 e. The molecular formula is C16H15ClN2O2. The summed E-state index contributed by atoms with van der Waals surface area (Å²) in [4.78, 5) is 18.3. The number of benzene rings is 1. The van der Waals surface area contributed by atoms with Crippen molar-refractivity contribution in [3.05, 3.63) is 64.4 Å². The summed E-state index contributed by atoms with van der Waals surface area (Å²) >= 11 is 5.87. The molecule has 1 aromatic heterocycles. The first-order valence-corrected chi connectivity index (χ1v) is 7.17. The highest BCUT2D eigenvalue weighted by Gasteiger charge is 2.33. The van der Waals surface area contributed by atoms with Crippen molar-refractivity contribution < 1.29 is 9.90 Å². The molecule has 0 fully saturated rings. The summed E-state index contributed by atoms with van der Waals surface area (Å²) in [5, 5.41) is 10.3. The van der Waals surface area contributed by atoms with Gasteiger partial charge in [0, 0.05) is 11.2 Å². The SMILES string of the molecule is O=C1c2cccnc2CN1C(CO)Cc1ccc(Cl)cc1. The molecule has 108 valence electrons. The Kier molecular flexibility index (Phi) is 3.90. The number of hydrogen-bond acceptors (Lipinski definition) is 3. The van der Waals surface area contributed by atoms with Crippen molar-refractivity contribution >= 4 is 17.5 Å². The predicted molar refractivity (Wildman–Crippen MR) is 80.1 cm³/mol. The molecule has 2 heterocycles. The molecule has 0 saturated heterocycles.